The van der Waals surface area contributed by atoms with E-state index in [1.165, 1.54) is 0 Å². The van der Waals surface area contributed by atoms with Crippen molar-refractivity contribution in [1.29, 1.82) is 0 Å². The fourth-order valence-corrected chi connectivity index (χ4v) is 2.90. The van der Waals surface area contributed by atoms with Gasteiger partial charge in [-0.3, -0.25) is 0 Å². The predicted molar refractivity (Wildman–Crippen MR) is 74.5 cm³/mol. The zero-order valence-corrected chi connectivity index (χ0v) is 11.8. The number of hydrogen-bond acceptors (Lipinski definition) is 4. The quantitative estimate of drug-likeness (QED) is 0.889. The summed E-state index contributed by atoms with van der Waals surface area (Å²) in [6.07, 6.45) is 0.697. The molecule has 0 aliphatic carbocycles. The molecule has 1 atom stereocenters. The Labute approximate surface area is 118 Å². The molecule has 0 bridgehead atoms. The Bertz CT molecular complexity index is 433. The van der Waals surface area contributed by atoms with Crippen molar-refractivity contribution in [3.05, 3.63) is 28.8 Å². The number of hydrogen-bond donors (Lipinski definition) is 2. The Kier molecular flexibility index (Phi) is 4.68. The molecule has 3 N–H and O–H groups in total. The van der Waals surface area contributed by atoms with Crippen molar-refractivity contribution in [3.63, 3.8) is 0 Å². The molecule has 1 saturated heterocycles. The van der Waals surface area contributed by atoms with Crippen LogP contribution in [0, 0.1) is 5.41 Å². The zero-order chi connectivity index (χ0) is 13.9. The Morgan fingerprint density at radius 1 is 1.47 bits per heavy atom. The third-order valence-electron chi connectivity index (χ3n) is 3.98. The Balaban J connectivity index is 2.39. The summed E-state index contributed by atoms with van der Waals surface area (Å²) in [5.74, 6) is 0.597. The maximum absolute atomic E-state index is 10.8. The van der Waals surface area contributed by atoms with Crippen LogP contribution in [0.5, 0.6) is 5.75 Å². The third-order valence-corrected chi connectivity index (χ3v) is 4.31. The van der Waals surface area contributed by atoms with E-state index in [-0.39, 0.29) is 0 Å². The number of methoxy groups -OCH3 is 1. The molecule has 1 aromatic carbocycles. The molecule has 5 heteroatoms. The first-order chi connectivity index (χ1) is 9.14. The lowest BCUT2D eigenvalue weighted by atomic mass is 9.73. The van der Waals surface area contributed by atoms with Crippen molar-refractivity contribution in [2.75, 3.05) is 26.9 Å². The van der Waals surface area contributed by atoms with E-state index in [0.29, 0.717) is 36.1 Å². The second-order valence-corrected chi connectivity index (χ2v) is 5.34. The van der Waals surface area contributed by atoms with Crippen LogP contribution in [0.4, 0.5) is 0 Å². The number of ether oxygens (including phenoxy) is 2. The molecule has 0 radical (unpaired) electrons. The van der Waals surface area contributed by atoms with Gasteiger partial charge in [-0.25, -0.2) is 0 Å². The summed E-state index contributed by atoms with van der Waals surface area (Å²) >= 11 is 6.23. The van der Waals surface area contributed by atoms with Crippen LogP contribution in [-0.2, 0) is 4.74 Å². The topological polar surface area (TPSA) is 64.7 Å². The normalized spacial score (nSPS) is 20.0. The molecule has 1 fully saturated rings. The van der Waals surface area contributed by atoms with Gasteiger partial charge in [0.05, 0.1) is 18.2 Å². The Morgan fingerprint density at radius 2 is 2.16 bits per heavy atom. The monoisotopic (exact) mass is 285 g/mol. The zero-order valence-electron chi connectivity index (χ0n) is 11.1. The molecule has 1 heterocycles. The van der Waals surface area contributed by atoms with Crippen LogP contribution < -0.4 is 10.5 Å². The second-order valence-electron chi connectivity index (χ2n) is 4.94. The van der Waals surface area contributed by atoms with Crippen LogP contribution in [0.1, 0.15) is 24.5 Å². The lowest BCUT2D eigenvalue weighted by molar-refractivity contribution is -0.0587. The van der Waals surface area contributed by atoms with Crippen LogP contribution in [0.3, 0.4) is 0 Å². The van der Waals surface area contributed by atoms with Gasteiger partial charge in [0.1, 0.15) is 5.75 Å². The van der Waals surface area contributed by atoms with Crippen LogP contribution in [0.15, 0.2) is 18.2 Å². The van der Waals surface area contributed by atoms with Crippen molar-refractivity contribution in [3.8, 4) is 5.75 Å². The second kappa shape index (κ2) is 6.09. The molecule has 1 aromatic rings. The molecule has 1 unspecified atom stereocenters. The van der Waals surface area contributed by atoms with E-state index in [1.54, 1.807) is 25.3 Å². The molecule has 1 aliphatic rings. The highest BCUT2D eigenvalue weighted by Crippen LogP contribution is 2.46. The van der Waals surface area contributed by atoms with Gasteiger partial charge in [0.15, 0.2) is 0 Å². The summed E-state index contributed by atoms with van der Waals surface area (Å²) in [6.45, 7) is 1.62. The van der Waals surface area contributed by atoms with E-state index >= 15 is 0 Å². The van der Waals surface area contributed by atoms with Gasteiger partial charge in [-0.1, -0.05) is 17.7 Å². The minimum Gasteiger partial charge on any atom is -0.496 e. The molecule has 2 rings (SSSR count). The fourth-order valence-electron chi connectivity index (χ4n) is 2.63. The highest BCUT2D eigenvalue weighted by Gasteiger charge is 2.41. The number of benzene rings is 1. The van der Waals surface area contributed by atoms with E-state index in [4.69, 9.17) is 26.8 Å². The first-order valence-corrected chi connectivity index (χ1v) is 6.81. The van der Waals surface area contributed by atoms with Crippen LogP contribution >= 0.6 is 11.6 Å². The molecule has 0 aromatic heterocycles. The number of aliphatic hydroxyl groups is 1. The lowest BCUT2D eigenvalue weighted by Gasteiger charge is -2.40. The summed E-state index contributed by atoms with van der Waals surface area (Å²) in [4.78, 5) is 0. The summed E-state index contributed by atoms with van der Waals surface area (Å²) in [7, 11) is 1.57. The van der Waals surface area contributed by atoms with Crippen molar-refractivity contribution in [2.45, 2.75) is 18.9 Å². The smallest absolute Gasteiger partial charge is 0.126 e. The highest BCUT2D eigenvalue weighted by atomic mass is 35.5. The van der Waals surface area contributed by atoms with Crippen molar-refractivity contribution in [1.82, 2.24) is 0 Å². The third kappa shape index (κ3) is 2.72. The number of aliphatic hydroxyl groups excluding tert-OH is 1. The summed E-state index contributed by atoms with van der Waals surface area (Å²) in [5, 5.41) is 11.3. The van der Waals surface area contributed by atoms with Gasteiger partial charge in [0, 0.05) is 30.7 Å². The summed E-state index contributed by atoms with van der Waals surface area (Å²) < 4.78 is 10.7. The maximum atomic E-state index is 10.8. The van der Waals surface area contributed by atoms with Crippen LogP contribution in [0.25, 0.3) is 0 Å². The van der Waals surface area contributed by atoms with Gasteiger partial charge < -0.3 is 20.3 Å². The average Bonchev–Trinajstić information content (AvgIpc) is 2.47. The van der Waals surface area contributed by atoms with E-state index in [0.717, 1.165) is 12.8 Å². The largest absolute Gasteiger partial charge is 0.496 e. The molecule has 106 valence electrons. The Morgan fingerprint density at radius 3 is 2.74 bits per heavy atom. The van der Waals surface area contributed by atoms with Gasteiger partial charge in [-0.05, 0) is 25.0 Å². The van der Waals surface area contributed by atoms with Gasteiger partial charge in [-0.2, -0.15) is 0 Å². The first-order valence-electron chi connectivity index (χ1n) is 6.43. The van der Waals surface area contributed by atoms with E-state index in [9.17, 15) is 5.11 Å². The minimum absolute atomic E-state index is 0.392. The van der Waals surface area contributed by atoms with Crippen LogP contribution in [-0.4, -0.2) is 32.0 Å². The molecule has 0 saturated carbocycles. The number of halogens is 1. The maximum Gasteiger partial charge on any atom is 0.126 e. The first kappa shape index (κ1) is 14.6. The summed E-state index contributed by atoms with van der Waals surface area (Å²) in [5.41, 5.74) is 6.15. The van der Waals surface area contributed by atoms with Crippen molar-refractivity contribution >= 4 is 11.6 Å². The highest BCUT2D eigenvalue weighted by molar-refractivity contribution is 6.31. The fraction of sp³-hybridized carbons (Fsp3) is 0.571. The molecule has 0 amide bonds. The van der Waals surface area contributed by atoms with Crippen molar-refractivity contribution < 1.29 is 14.6 Å². The molecule has 1 aliphatic heterocycles. The standard InChI is InChI=1S/C14H20ClNO3/c1-18-11-4-2-3-10(15)12(11)13(17)14(9-16)5-7-19-8-6-14/h2-4,13,17H,5-9,16H2,1H3. The van der Waals surface area contributed by atoms with Gasteiger partial charge in [-0.15, -0.1) is 0 Å². The van der Waals surface area contributed by atoms with E-state index < -0.39 is 11.5 Å². The van der Waals surface area contributed by atoms with Gasteiger partial charge in [0.2, 0.25) is 0 Å². The van der Waals surface area contributed by atoms with Crippen LogP contribution in [0.2, 0.25) is 5.02 Å². The minimum atomic E-state index is -0.745. The molecule has 4 nitrogen and oxygen atoms in total. The SMILES string of the molecule is COc1cccc(Cl)c1C(O)C1(CN)CCOCC1. The predicted octanol–water partition coefficient (Wildman–Crippen LogP) is 2.14. The number of nitrogens with two attached hydrogens (primary N) is 1. The van der Waals surface area contributed by atoms with Gasteiger partial charge >= 0.3 is 0 Å². The van der Waals surface area contributed by atoms with Crippen molar-refractivity contribution in [2.24, 2.45) is 11.1 Å². The molecular formula is C14H20ClNO3. The summed E-state index contributed by atoms with van der Waals surface area (Å²) in [6, 6.07) is 5.36. The van der Waals surface area contributed by atoms with Gasteiger partial charge in [0.25, 0.3) is 0 Å². The average molecular weight is 286 g/mol. The molecular weight excluding hydrogens is 266 g/mol. The molecule has 19 heavy (non-hydrogen) atoms. The van der Waals surface area contributed by atoms with E-state index in [2.05, 4.69) is 0 Å². The molecule has 0 spiro atoms. The lowest BCUT2D eigenvalue weighted by Crippen LogP contribution is -2.41. The number of rotatable bonds is 4. The Hall–Kier alpha value is -0.810. The van der Waals surface area contributed by atoms with E-state index in [1.807, 2.05) is 0 Å².